The van der Waals surface area contributed by atoms with Crippen LogP contribution in [0.2, 0.25) is 0 Å². The fraction of sp³-hybridized carbons (Fsp3) is 0.889. The standard InChI is InChI=1S/C9H18N2/c1-6-7(2)10-9(4)11(5)8(6)3/h6-8H,1-5H3/t6-,7+,8-/m1/s1. The van der Waals surface area contributed by atoms with Crippen molar-refractivity contribution in [3.8, 4) is 0 Å². The summed E-state index contributed by atoms with van der Waals surface area (Å²) >= 11 is 0. The zero-order valence-corrected chi connectivity index (χ0v) is 8.13. The molecule has 0 fully saturated rings. The summed E-state index contributed by atoms with van der Waals surface area (Å²) in [6.07, 6.45) is 0. The van der Waals surface area contributed by atoms with E-state index in [0.717, 1.165) is 0 Å². The van der Waals surface area contributed by atoms with Gasteiger partial charge in [-0.15, -0.1) is 0 Å². The SMILES string of the molecule is CC1=N[C@@H](C)[C@@H](C)[C@@H](C)N1C. The molecule has 1 aliphatic rings. The van der Waals surface area contributed by atoms with Gasteiger partial charge in [-0.3, -0.25) is 4.99 Å². The molecule has 0 bridgehead atoms. The van der Waals surface area contributed by atoms with Crippen LogP contribution in [-0.2, 0) is 0 Å². The van der Waals surface area contributed by atoms with E-state index in [2.05, 4.69) is 44.6 Å². The molecule has 0 spiro atoms. The van der Waals surface area contributed by atoms with Gasteiger partial charge < -0.3 is 4.90 Å². The van der Waals surface area contributed by atoms with Gasteiger partial charge in [0.05, 0.1) is 11.9 Å². The highest BCUT2D eigenvalue weighted by Gasteiger charge is 2.27. The summed E-state index contributed by atoms with van der Waals surface area (Å²) < 4.78 is 0. The minimum Gasteiger partial charge on any atom is -0.361 e. The zero-order chi connectivity index (χ0) is 8.59. The van der Waals surface area contributed by atoms with Gasteiger partial charge in [-0.05, 0) is 26.7 Å². The number of hydrogen-bond donors (Lipinski definition) is 0. The van der Waals surface area contributed by atoms with Crippen molar-refractivity contribution < 1.29 is 0 Å². The first-order valence-electron chi connectivity index (χ1n) is 4.31. The maximum atomic E-state index is 4.54. The monoisotopic (exact) mass is 154 g/mol. The summed E-state index contributed by atoms with van der Waals surface area (Å²) in [5.74, 6) is 1.84. The van der Waals surface area contributed by atoms with Crippen LogP contribution < -0.4 is 0 Å². The van der Waals surface area contributed by atoms with Crippen LogP contribution >= 0.6 is 0 Å². The molecule has 64 valence electrons. The highest BCUT2D eigenvalue weighted by molar-refractivity contribution is 5.80. The Hall–Kier alpha value is -0.530. The fourth-order valence-corrected chi connectivity index (χ4v) is 1.55. The van der Waals surface area contributed by atoms with Gasteiger partial charge in [-0.25, -0.2) is 0 Å². The first kappa shape index (κ1) is 8.57. The van der Waals surface area contributed by atoms with Crippen molar-refractivity contribution in [2.24, 2.45) is 10.9 Å². The molecule has 0 radical (unpaired) electrons. The van der Waals surface area contributed by atoms with Crippen molar-refractivity contribution in [1.29, 1.82) is 0 Å². The van der Waals surface area contributed by atoms with Crippen LogP contribution in [0.25, 0.3) is 0 Å². The van der Waals surface area contributed by atoms with Gasteiger partial charge in [0.2, 0.25) is 0 Å². The Morgan fingerprint density at radius 3 is 2.36 bits per heavy atom. The van der Waals surface area contributed by atoms with Crippen LogP contribution in [-0.4, -0.2) is 29.9 Å². The lowest BCUT2D eigenvalue weighted by molar-refractivity contribution is 0.242. The first-order valence-corrected chi connectivity index (χ1v) is 4.31. The second kappa shape index (κ2) is 2.84. The minimum absolute atomic E-state index is 0.487. The van der Waals surface area contributed by atoms with E-state index in [4.69, 9.17) is 0 Å². The molecule has 0 aromatic heterocycles. The maximum Gasteiger partial charge on any atom is 0.0960 e. The van der Waals surface area contributed by atoms with Gasteiger partial charge in [0.15, 0.2) is 0 Å². The quantitative estimate of drug-likeness (QED) is 0.519. The van der Waals surface area contributed by atoms with E-state index in [-0.39, 0.29) is 0 Å². The molecule has 0 aromatic rings. The summed E-state index contributed by atoms with van der Waals surface area (Å²) in [6.45, 7) is 8.80. The van der Waals surface area contributed by atoms with Crippen LogP contribution in [0, 0.1) is 5.92 Å². The minimum atomic E-state index is 0.487. The van der Waals surface area contributed by atoms with Gasteiger partial charge in [-0.1, -0.05) is 6.92 Å². The van der Waals surface area contributed by atoms with Crippen LogP contribution in [0.3, 0.4) is 0 Å². The Kier molecular flexibility index (Phi) is 2.21. The fourth-order valence-electron chi connectivity index (χ4n) is 1.55. The average Bonchev–Trinajstić information content (AvgIpc) is 1.97. The Morgan fingerprint density at radius 1 is 1.27 bits per heavy atom. The van der Waals surface area contributed by atoms with E-state index >= 15 is 0 Å². The van der Waals surface area contributed by atoms with Crippen LogP contribution in [0.15, 0.2) is 4.99 Å². The van der Waals surface area contributed by atoms with Gasteiger partial charge in [0, 0.05) is 13.1 Å². The van der Waals surface area contributed by atoms with Crippen molar-refractivity contribution in [3.05, 3.63) is 0 Å². The third-order valence-electron chi connectivity index (χ3n) is 3.03. The zero-order valence-electron chi connectivity index (χ0n) is 8.13. The summed E-state index contributed by atoms with van der Waals surface area (Å²) in [7, 11) is 2.12. The van der Waals surface area contributed by atoms with E-state index in [1.54, 1.807) is 0 Å². The van der Waals surface area contributed by atoms with Crippen molar-refractivity contribution in [2.45, 2.75) is 39.8 Å². The highest BCUT2D eigenvalue weighted by Crippen LogP contribution is 2.21. The molecule has 1 heterocycles. The van der Waals surface area contributed by atoms with Crippen molar-refractivity contribution in [1.82, 2.24) is 4.90 Å². The molecule has 0 saturated carbocycles. The number of nitrogens with zero attached hydrogens (tertiary/aromatic N) is 2. The number of rotatable bonds is 0. The molecule has 0 aliphatic carbocycles. The second-order valence-electron chi connectivity index (χ2n) is 3.63. The number of aliphatic imine (C=N–C) groups is 1. The smallest absolute Gasteiger partial charge is 0.0960 e. The molecule has 1 rings (SSSR count). The number of hydrogen-bond acceptors (Lipinski definition) is 2. The van der Waals surface area contributed by atoms with E-state index in [1.807, 2.05) is 0 Å². The lowest BCUT2D eigenvalue weighted by Crippen LogP contribution is -2.45. The molecule has 0 unspecified atom stereocenters. The van der Waals surface area contributed by atoms with Crippen molar-refractivity contribution in [2.75, 3.05) is 7.05 Å². The second-order valence-corrected chi connectivity index (χ2v) is 3.63. The van der Waals surface area contributed by atoms with Crippen LogP contribution in [0.4, 0.5) is 0 Å². The van der Waals surface area contributed by atoms with E-state index in [1.165, 1.54) is 5.84 Å². The molecular weight excluding hydrogens is 136 g/mol. The molecule has 0 saturated heterocycles. The molecule has 3 atom stereocenters. The molecule has 0 amide bonds. The largest absolute Gasteiger partial charge is 0.361 e. The van der Waals surface area contributed by atoms with Crippen molar-refractivity contribution in [3.63, 3.8) is 0 Å². The van der Waals surface area contributed by atoms with Gasteiger partial charge >= 0.3 is 0 Å². The van der Waals surface area contributed by atoms with Gasteiger partial charge in [0.25, 0.3) is 0 Å². The summed E-state index contributed by atoms with van der Waals surface area (Å²) in [4.78, 5) is 6.79. The highest BCUT2D eigenvalue weighted by atomic mass is 15.2. The third kappa shape index (κ3) is 1.39. The summed E-state index contributed by atoms with van der Waals surface area (Å²) in [5, 5.41) is 0. The average molecular weight is 154 g/mol. The molecule has 1 aliphatic heterocycles. The molecule has 2 heteroatoms. The lowest BCUT2D eigenvalue weighted by Gasteiger charge is -2.38. The molecule has 0 aromatic carbocycles. The molecule has 11 heavy (non-hydrogen) atoms. The van der Waals surface area contributed by atoms with E-state index < -0.39 is 0 Å². The normalized spacial score (nSPS) is 38.8. The first-order chi connectivity index (χ1) is 5.04. The van der Waals surface area contributed by atoms with Crippen LogP contribution in [0.5, 0.6) is 0 Å². The Balaban J connectivity index is 2.83. The topological polar surface area (TPSA) is 15.6 Å². The molecule has 2 nitrogen and oxygen atoms in total. The lowest BCUT2D eigenvalue weighted by atomic mass is 9.93. The van der Waals surface area contributed by atoms with Gasteiger partial charge in [0.1, 0.15) is 0 Å². The van der Waals surface area contributed by atoms with E-state index in [0.29, 0.717) is 18.0 Å². The number of amidine groups is 1. The predicted molar refractivity (Wildman–Crippen MR) is 49.0 cm³/mol. The summed E-state index contributed by atoms with van der Waals surface area (Å²) in [6, 6.07) is 1.11. The van der Waals surface area contributed by atoms with Crippen molar-refractivity contribution >= 4 is 5.84 Å². The van der Waals surface area contributed by atoms with E-state index in [9.17, 15) is 0 Å². The maximum absolute atomic E-state index is 4.54. The molecule has 0 N–H and O–H groups in total. The Morgan fingerprint density at radius 2 is 1.82 bits per heavy atom. The Labute approximate surface area is 69.3 Å². The van der Waals surface area contributed by atoms with Crippen LogP contribution in [0.1, 0.15) is 27.7 Å². The third-order valence-corrected chi connectivity index (χ3v) is 3.03. The summed E-state index contributed by atoms with van der Waals surface area (Å²) in [5.41, 5.74) is 0. The Bertz CT molecular complexity index is 174. The van der Waals surface area contributed by atoms with Gasteiger partial charge in [-0.2, -0.15) is 0 Å². The molecular formula is C9H18N2. The predicted octanol–water partition coefficient (Wildman–Crippen LogP) is 1.76.